The number of hydrogen-bond donors (Lipinski definition) is 0. The Morgan fingerprint density at radius 1 is 0.667 bits per heavy atom. The summed E-state index contributed by atoms with van der Waals surface area (Å²) in [4.78, 5) is 25.2. The van der Waals surface area contributed by atoms with Gasteiger partial charge in [0.1, 0.15) is 11.5 Å². The first-order valence-corrected chi connectivity index (χ1v) is 8.19. The molecule has 1 saturated carbocycles. The molecule has 0 amide bonds. The highest BCUT2D eigenvalue weighted by Gasteiger charge is 2.64. The number of rotatable bonds is 0. The van der Waals surface area contributed by atoms with Gasteiger partial charge < -0.3 is 9.47 Å². The number of ether oxygens (including phenoxy) is 2. The number of carbonyl (C=O) groups is 2. The van der Waals surface area contributed by atoms with Crippen molar-refractivity contribution in [1.29, 1.82) is 0 Å². The summed E-state index contributed by atoms with van der Waals surface area (Å²) in [7, 11) is 0. The lowest BCUT2D eigenvalue weighted by Crippen LogP contribution is -2.56. The third-order valence-corrected chi connectivity index (χ3v) is 5.57. The van der Waals surface area contributed by atoms with Crippen LogP contribution in [0.2, 0.25) is 0 Å². The van der Waals surface area contributed by atoms with Gasteiger partial charge in [-0.15, -0.1) is 0 Å². The number of benzene rings is 2. The normalized spacial score (nSPS) is 29.2. The Bertz CT molecular complexity index is 830. The summed E-state index contributed by atoms with van der Waals surface area (Å²) in [5, 5.41) is 0. The largest absolute Gasteiger partial charge is 0.426 e. The van der Waals surface area contributed by atoms with Crippen molar-refractivity contribution in [2.24, 2.45) is 11.8 Å². The monoisotopic (exact) mass is 320 g/mol. The van der Waals surface area contributed by atoms with E-state index < -0.39 is 0 Å². The third-order valence-electron chi connectivity index (χ3n) is 5.57. The molecule has 0 bridgehead atoms. The van der Waals surface area contributed by atoms with Crippen LogP contribution in [0.5, 0.6) is 11.5 Å². The SMILES string of the molecule is Cc1ccc2c(c1)OC(=O)[C@H]1[C@@H]2[C@H]2C(=O)Oc3cc(C)ccc3[C@H]21. The van der Waals surface area contributed by atoms with Gasteiger partial charge in [0.2, 0.25) is 0 Å². The van der Waals surface area contributed by atoms with Gasteiger partial charge in [-0.1, -0.05) is 24.3 Å². The van der Waals surface area contributed by atoms with Crippen LogP contribution in [0.1, 0.15) is 34.1 Å². The van der Waals surface area contributed by atoms with Crippen molar-refractivity contribution in [3.05, 3.63) is 58.7 Å². The smallest absolute Gasteiger partial charge is 0.315 e. The maximum absolute atomic E-state index is 12.6. The van der Waals surface area contributed by atoms with Crippen molar-refractivity contribution in [3.8, 4) is 11.5 Å². The van der Waals surface area contributed by atoms with Crippen molar-refractivity contribution in [3.63, 3.8) is 0 Å². The summed E-state index contributed by atoms with van der Waals surface area (Å²) in [6.07, 6.45) is 0. The standard InChI is InChI=1S/C20H16O4/c1-9-3-5-11-13(7-9)23-19(21)17-15(11)18-16(17)12-6-4-10(2)8-14(12)24-20(18)22/h3-8,15-18H,1-2H3/t15-,16+,17+,18-/m1/s1. The molecule has 4 heteroatoms. The van der Waals surface area contributed by atoms with E-state index in [-0.39, 0.29) is 35.6 Å². The molecule has 0 aromatic heterocycles. The first kappa shape index (κ1) is 13.8. The lowest BCUT2D eigenvalue weighted by Gasteiger charge is -2.53. The van der Waals surface area contributed by atoms with E-state index in [4.69, 9.17) is 9.47 Å². The average molecular weight is 320 g/mol. The fourth-order valence-electron chi connectivity index (χ4n) is 4.47. The quantitative estimate of drug-likeness (QED) is 0.552. The zero-order valence-electron chi connectivity index (χ0n) is 13.4. The van der Waals surface area contributed by atoms with E-state index in [1.807, 2.05) is 50.2 Å². The van der Waals surface area contributed by atoms with Gasteiger partial charge in [0, 0.05) is 11.8 Å². The highest BCUT2D eigenvalue weighted by molar-refractivity contribution is 5.91. The molecule has 0 N–H and O–H groups in total. The van der Waals surface area contributed by atoms with E-state index in [0.717, 1.165) is 22.3 Å². The minimum Gasteiger partial charge on any atom is -0.426 e. The van der Waals surface area contributed by atoms with E-state index >= 15 is 0 Å². The van der Waals surface area contributed by atoms with Crippen LogP contribution >= 0.6 is 0 Å². The minimum absolute atomic E-state index is 0.145. The van der Waals surface area contributed by atoms with Gasteiger partial charge in [-0.2, -0.15) is 0 Å². The van der Waals surface area contributed by atoms with Gasteiger partial charge in [0.05, 0.1) is 11.8 Å². The molecule has 0 saturated heterocycles. The third kappa shape index (κ3) is 1.63. The fourth-order valence-corrected chi connectivity index (χ4v) is 4.47. The number of fused-ring (bicyclic) bond motifs is 8. The van der Waals surface area contributed by atoms with Gasteiger partial charge in [-0.05, 0) is 48.2 Å². The van der Waals surface area contributed by atoms with Crippen LogP contribution in [0.15, 0.2) is 36.4 Å². The second kappa shape index (κ2) is 4.47. The molecule has 2 aromatic rings. The summed E-state index contributed by atoms with van der Waals surface area (Å²) >= 11 is 0. The Labute approximate surface area is 139 Å². The first-order valence-electron chi connectivity index (χ1n) is 8.19. The van der Waals surface area contributed by atoms with Gasteiger partial charge in [0.15, 0.2) is 0 Å². The molecule has 2 aromatic carbocycles. The number of esters is 2. The van der Waals surface area contributed by atoms with Crippen molar-refractivity contribution < 1.29 is 19.1 Å². The number of hydrogen-bond acceptors (Lipinski definition) is 4. The van der Waals surface area contributed by atoms with Crippen LogP contribution in [-0.2, 0) is 9.59 Å². The van der Waals surface area contributed by atoms with E-state index in [1.165, 1.54) is 0 Å². The molecular weight excluding hydrogens is 304 g/mol. The summed E-state index contributed by atoms with van der Waals surface area (Å²) in [6, 6.07) is 11.7. The summed E-state index contributed by atoms with van der Waals surface area (Å²) in [5.41, 5.74) is 3.95. The maximum Gasteiger partial charge on any atom is 0.315 e. The second-order valence-corrected chi connectivity index (χ2v) is 7.03. The highest BCUT2D eigenvalue weighted by Crippen LogP contribution is 2.64. The molecule has 3 aliphatic rings. The Balaban J connectivity index is 1.65. The van der Waals surface area contributed by atoms with Crippen molar-refractivity contribution in [2.45, 2.75) is 25.7 Å². The lowest BCUT2D eigenvalue weighted by atomic mass is 9.51. The molecule has 1 fully saturated rings. The number of carbonyl (C=O) groups excluding carboxylic acids is 2. The molecule has 1 aliphatic carbocycles. The molecule has 120 valence electrons. The molecule has 24 heavy (non-hydrogen) atoms. The van der Waals surface area contributed by atoms with Crippen molar-refractivity contribution in [2.75, 3.05) is 0 Å². The summed E-state index contributed by atoms with van der Waals surface area (Å²) < 4.78 is 11.2. The van der Waals surface area contributed by atoms with Crippen molar-refractivity contribution in [1.82, 2.24) is 0 Å². The maximum atomic E-state index is 12.6. The summed E-state index contributed by atoms with van der Waals surface area (Å²) in [5.74, 6) is -0.202. The average Bonchev–Trinajstić information content (AvgIpc) is 2.49. The van der Waals surface area contributed by atoms with Gasteiger partial charge in [-0.3, -0.25) is 9.59 Å². The van der Waals surface area contributed by atoms with Crippen LogP contribution in [0.25, 0.3) is 0 Å². The molecular formula is C20H16O4. The van der Waals surface area contributed by atoms with Crippen LogP contribution in [-0.4, -0.2) is 11.9 Å². The van der Waals surface area contributed by atoms with Gasteiger partial charge >= 0.3 is 11.9 Å². The Hall–Kier alpha value is -2.62. The predicted molar refractivity (Wildman–Crippen MR) is 86.1 cm³/mol. The zero-order chi connectivity index (χ0) is 16.6. The van der Waals surface area contributed by atoms with Crippen molar-refractivity contribution >= 4 is 11.9 Å². The predicted octanol–water partition coefficient (Wildman–Crippen LogP) is 3.25. The van der Waals surface area contributed by atoms with E-state index in [1.54, 1.807) is 0 Å². The first-order chi connectivity index (χ1) is 11.5. The summed E-state index contributed by atoms with van der Waals surface area (Å²) in [6.45, 7) is 3.91. The Morgan fingerprint density at radius 3 is 1.50 bits per heavy atom. The van der Waals surface area contributed by atoms with E-state index in [2.05, 4.69) is 0 Å². The Kier molecular flexibility index (Phi) is 2.57. The molecule has 2 aliphatic heterocycles. The topological polar surface area (TPSA) is 52.6 Å². The number of aryl methyl sites for hydroxylation is 2. The zero-order valence-corrected chi connectivity index (χ0v) is 13.4. The van der Waals surface area contributed by atoms with Crippen LogP contribution in [0.3, 0.4) is 0 Å². The minimum atomic E-state index is -0.306. The van der Waals surface area contributed by atoms with E-state index in [9.17, 15) is 9.59 Å². The second-order valence-electron chi connectivity index (χ2n) is 7.03. The molecule has 0 radical (unpaired) electrons. The van der Waals surface area contributed by atoms with Gasteiger partial charge in [0.25, 0.3) is 0 Å². The lowest BCUT2D eigenvalue weighted by molar-refractivity contribution is -0.161. The molecule has 2 heterocycles. The van der Waals surface area contributed by atoms with E-state index in [0.29, 0.717) is 11.5 Å². The fraction of sp³-hybridized carbons (Fsp3) is 0.300. The molecule has 5 rings (SSSR count). The highest BCUT2D eigenvalue weighted by atomic mass is 16.5. The molecule has 0 atom stereocenters. The Morgan fingerprint density at radius 2 is 1.08 bits per heavy atom. The van der Waals surface area contributed by atoms with Crippen LogP contribution in [0.4, 0.5) is 0 Å². The van der Waals surface area contributed by atoms with Crippen LogP contribution in [0, 0.1) is 25.7 Å². The molecule has 0 spiro atoms. The molecule has 0 unspecified atom stereocenters. The molecule has 4 nitrogen and oxygen atoms in total. The van der Waals surface area contributed by atoms with Crippen LogP contribution < -0.4 is 9.47 Å². The van der Waals surface area contributed by atoms with Gasteiger partial charge in [-0.25, -0.2) is 0 Å².